The lowest BCUT2D eigenvalue weighted by Crippen LogP contribution is -2.45. The van der Waals surface area contributed by atoms with Crippen molar-refractivity contribution in [1.82, 2.24) is 10.2 Å². The molecule has 1 aliphatic rings. The summed E-state index contributed by atoms with van der Waals surface area (Å²) in [6.07, 6.45) is 2.45. The molecule has 1 unspecified atom stereocenters. The molecule has 0 amide bonds. The Hall–Kier alpha value is -0.610. The SMILES string of the molecule is CC(C)CN(CC1CCCN1)CC(C)(C)C(=O)O. The van der Waals surface area contributed by atoms with Gasteiger partial charge in [0.25, 0.3) is 0 Å². The molecular weight excluding hydrogens is 228 g/mol. The standard InChI is InChI=1S/C14H28N2O2/c1-11(2)8-16(9-12-6-5-7-15-12)10-14(3,4)13(17)18/h11-12,15H,5-10H2,1-4H3,(H,17,18). The number of nitrogens with zero attached hydrogens (tertiary/aromatic N) is 1. The molecule has 4 heteroatoms. The molecule has 1 saturated heterocycles. The molecule has 2 N–H and O–H groups in total. The first kappa shape index (κ1) is 15.4. The molecule has 0 radical (unpaired) electrons. The van der Waals surface area contributed by atoms with Gasteiger partial charge in [-0.05, 0) is 39.2 Å². The number of hydrogen-bond donors (Lipinski definition) is 2. The van der Waals surface area contributed by atoms with Crippen LogP contribution in [0.2, 0.25) is 0 Å². The quantitative estimate of drug-likeness (QED) is 0.729. The molecule has 0 aromatic carbocycles. The first-order valence-electron chi connectivity index (χ1n) is 7.00. The second-order valence-corrected chi connectivity index (χ2v) is 6.57. The van der Waals surface area contributed by atoms with Crippen molar-refractivity contribution in [2.45, 2.75) is 46.6 Å². The average molecular weight is 256 g/mol. The largest absolute Gasteiger partial charge is 0.481 e. The van der Waals surface area contributed by atoms with Gasteiger partial charge in [0, 0.05) is 25.7 Å². The van der Waals surface area contributed by atoms with Gasteiger partial charge in [0.2, 0.25) is 0 Å². The minimum absolute atomic E-state index is 0.536. The van der Waals surface area contributed by atoms with Crippen molar-refractivity contribution >= 4 is 5.97 Å². The molecule has 0 aromatic rings. The summed E-state index contributed by atoms with van der Waals surface area (Å²) in [5, 5.41) is 12.7. The molecule has 1 rings (SSSR count). The summed E-state index contributed by atoms with van der Waals surface area (Å²) in [4.78, 5) is 13.5. The second-order valence-electron chi connectivity index (χ2n) is 6.57. The summed E-state index contributed by atoms with van der Waals surface area (Å²) >= 11 is 0. The Kier molecular flexibility index (Phi) is 5.60. The van der Waals surface area contributed by atoms with Crippen LogP contribution in [0.3, 0.4) is 0 Å². The maximum atomic E-state index is 11.2. The Labute approximate surface area is 111 Å². The van der Waals surface area contributed by atoms with Gasteiger partial charge >= 0.3 is 5.97 Å². The highest BCUT2D eigenvalue weighted by molar-refractivity contribution is 5.73. The maximum Gasteiger partial charge on any atom is 0.310 e. The van der Waals surface area contributed by atoms with E-state index >= 15 is 0 Å². The van der Waals surface area contributed by atoms with E-state index < -0.39 is 11.4 Å². The van der Waals surface area contributed by atoms with E-state index in [0.29, 0.717) is 18.5 Å². The van der Waals surface area contributed by atoms with E-state index in [1.165, 1.54) is 12.8 Å². The van der Waals surface area contributed by atoms with Gasteiger partial charge in [-0.1, -0.05) is 13.8 Å². The Morgan fingerprint density at radius 1 is 1.50 bits per heavy atom. The van der Waals surface area contributed by atoms with Gasteiger partial charge in [-0.2, -0.15) is 0 Å². The van der Waals surface area contributed by atoms with E-state index in [2.05, 4.69) is 24.1 Å². The van der Waals surface area contributed by atoms with Gasteiger partial charge in [-0.25, -0.2) is 0 Å². The number of carboxylic acid groups (broad SMARTS) is 1. The Morgan fingerprint density at radius 3 is 2.61 bits per heavy atom. The fourth-order valence-electron chi connectivity index (χ4n) is 2.57. The van der Waals surface area contributed by atoms with E-state index in [1.54, 1.807) is 0 Å². The highest BCUT2D eigenvalue weighted by Crippen LogP contribution is 2.19. The van der Waals surface area contributed by atoms with Gasteiger partial charge in [-0.15, -0.1) is 0 Å². The predicted octanol–water partition coefficient (Wildman–Crippen LogP) is 1.81. The summed E-state index contributed by atoms with van der Waals surface area (Å²) in [5.74, 6) is -0.147. The lowest BCUT2D eigenvalue weighted by Gasteiger charge is -2.32. The molecular formula is C14H28N2O2. The van der Waals surface area contributed by atoms with Gasteiger partial charge in [0.1, 0.15) is 0 Å². The van der Waals surface area contributed by atoms with E-state index in [1.807, 2.05) is 13.8 Å². The zero-order chi connectivity index (χ0) is 13.8. The van der Waals surface area contributed by atoms with E-state index in [0.717, 1.165) is 19.6 Å². The minimum atomic E-state index is -0.712. The maximum absolute atomic E-state index is 11.2. The molecule has 0 aromatic heterocycles. The zero-order valence-corrected chi connectivity index (χ0v) is 12.2. The Morgan fingerprint density at radius 2 is 2.17 bits per heavy atom. The molecule has 18 heavy (non-hydrogen) atoms. The van der Waals surface area contributed by atoms with Gasteiger partial charge in [0.05, 0.1) is 5.41 Å². The van der Waals surface area contributed by atoms with Crippen LogP contribution < -0.4 is 5.32 Å². The molecule has 0 aliphatic carbocycles. The molecule has 1 atom stereocenters. The zero-order valence-electron chi connectivity index (χ0n) is 12.2. The van der Waals surface area contributed by atoms with Crippen LogP contribution in [0, 0.1) is 11.3 Å². The van der Waals surface area contributed by atoms with Crippen molar-refractivity contribution in [2.75, 3.05) is 26.2 Å². The molecule has 1 fully saturated rings. The topological polar surface area (TPSA) is 52.6 Å². The van der Waals surface area contributed by atoms with E-state index in [4.69, 9.17) is 0 Å². The molecule has 0 bridgehead atoms. The van der Waals surface area contributed by atoms with Crippen LogP contribution in [-0.2, 0) is 4.79 Å². The smallest absolute Gasteiger partial charge is 0.310 e. The van der Waals surface area contributed by atoms with Crippen molar-refractivity contribution in [2.24, 2.45) is 11.3 Å². The fourth-order valence-corrected chi connectivity index (χ4v) is 2.57. The van der Waals surface area contributed by atoms with Crippen LogP contribution in [-0.4, -0.2) is 48.2 Å². The summed E-state index contributed by atoms with van der Waals surface area (Å²) in [6.45, 7) is 11.6. The predicted molar refractivity (Wildman–Crippen MR) is 73.7 cm³/mol. The van der Waals surface area contributed by atoms with Gasteiger partial charge in [0.15, 0.2) is 0 Å². The number of nitrogens with one attached hydrogen (secondary N) is 1. The number of rotatable bonds is 7. The summed E-state index contributed by atoms with van der Waals surface area (Å²) < 4.78 is 0. The fraction of sp³-hybridized carbons (Fsp3) is 0.929. The molecule has 106 valence electrons. The van der Waals surface area contributed by atoms with Crippen molar-refractivity contribution in [3.05, 3.63) is 0 Å². The average Bonchev–Trinajstić information content (AvgIpc) is 2.68. The number of carboxylic acids is 1. The Bertz CT molecular complexity index is 271. The summed E-state index contributed by atoms with van der Waals surface area (Å²) in [5.41, 5.74) is -0.673. The molecule has 0 spiro atoms. The monoisotopic (exact) mass is 256 g/mol. The van der Waals surface area contributed by atoms with Crippen LogP contribution in [0.5, 0.6) is 0 Å². The third-order valence-corrected chi connectivity index (χ3v) is 3.46. The Balaban J connectivity index is 2.56. The van der Waals surface area contributed by atoms with Crippen LogP contribution >= 0.6 is 0 Å². The summed E-state index contributed by atoms with van der Waals surface area (Å²) in [6, 6.07) is 0.536. The number of carbonyl (C=O) groups is 1. The lowest BCUT2D eigenvalue weighted by atomic mass is 9.92. The normalized spacial score (nSPS) is 20.9. The van der Waals surface area contributed by atoms with Crippen LogP contribution in [0.15, 0.2) is 0 Å². The highest BCUT2D eigenvalue weighted by atomic mass is 16.4. The minimum Gasteiger partial charge on any atom is -0.481 e. The highest BCUT2D eigenvalue weighted by Gasteiger charge is 2.31. The molecule has 0 saturated carbocycles. The first-order chi connectivity index (χ1) is 8.31. The third kappa shape index (κ3) is 4.94. The van der Waals surface area contributed by atoms with Crippen molar-refractivity contribution in [1.29, 1.82) is 0 Å². The molecule has 1 heterocycles. The van der Waals surface area contributed by atoms with E-state index in [-0.39, 0.29) is 0 Å². The van der Waals surface area contributed by atoms with Gasteiger partial charge < -0.3 is 15.3 Å². The van der Waals surface area contributed by atoms with Crippen molar-refractivity contribution < 1.29 is 9.90 Å². The first-order valence-corrected chi connectivity index (χ1v) is 7.00. The lowest BCUT2D eigenvalue weighted by molar-refractivity contribution is -0.148. The molecule has 4 nitrogen and oxygen atoms in total. The van der Waals surface area contributed by atoms with Crippen molar-refractivity contribution in [3.8, 4) is 0 Å². The molecule has 1 aliphatic heterocycles. The third-order valence-electron chi connectivity index (χ3n) is 3.46. The van der Waals surface area contributed by atoms with E-state index in [9.17, 15) is 9.90 Å². The number of hydrogen-bond acceptors (Lipinski definition) is 3. The van der Waals surface area contributed by atoms with Crippen LogP contribution in [0.4, 0.5) is 0 Å². The number of aliphatic carboxylic acids is 1. The van der Waals surface area contributed by atoms with Crippen molar-refractivity contribution in [3.63, 3.8) is 0 Å². The summed E-state index contributed by atoms with van der Waals surface area (Å²) in [7, 11) is 0. The van der Waals surface area contributed by atoms with Crippen LogP contribution in [0.25, 0.3) is 0 Å². The van der Waals surface area contributed by atoms with Crippen LogP contribution in [0.1, 0.15) is 40.5 Å². The van der Waals surface area contributed by atoms with Gasteiger partial charge in [-0.3, -0.25) is 4.79 Å². The second kappa shape index (κ2) is 6.53.